The highest BCUT2D eigenvalue weighted by Gasteiger charge is 2.48. The van der Waals surface area contributed by atoms with Crippen molar-refractivity contribution in [3.05, 3.63) is 47.5 Å². The van der Waals surface area contributed by atoms with E-state index >= 15 is 0 Å². The molecule has 1 aliphatic carbocycles. The van der Waals surface area contributed by atoms with E-state index < -0.39 is 8.32 Å². The fraction of sp³-hybridized carbons (Fsp3) is 0.615. The van der Waals surface area contributed by atoms with Crippen LogP contribution in [0.4, 0.5) is 0 Å². The first-order valence-electron chi connectivity index (χ1n) is 11.6. The van der Waals surface area contributed by atoms with E-state index in [1.807, 2.05) is 12.1 Å². The predicted octanol–water partition coefficient (Wildman–Crippen LogP) is 6.89. The molecule has 0 bridgehead atoms. The number of rotatable bonds is 10. The van der Waals surface area contributed by atoms with Crippen molar-refractivity contribution in [3.8, 4) is 0 Å². The number of aldehydes is 1. The van der Waals surface area contributed by atoms with Crippen LogP contribution < -0.4 is 0 Å². The van der Waals surface area contributed by atoms with E-state index in [1.54, 1.807) is 0 Å². The molecule has 2 rings (SSSR count). The quantitative estimate of drug-likeness (QED) is 0.0916. The molecule has 32 heavy (non-hydrogen) atoms. The molecule has 0 radical (unpaired) electrons. The maximum Gasteiger partial charge on any atom is 0.305 e. The van der Waals surface area contributed by atoms with Gasteiger partial charge in [0.25, 0.3) is 0 Å². The molecule has 1 aromatic rings. The minimum absolute atomic E-state index is 0.0280. The van der Waals surface area contributed by atoms with Crippen LogP contribution >= 0.6 is 11.6 Å². The molecule has 0 N–H and O–H groups in total. The van der Waals surface area contributed by atoms with E-state index in [9.17, 15) is 9.59 Å². The molecule has 4 atom stereocenters. The minimum Gasteiger partial charge on any atom is -0.469 e. The number of hydrogen-bond donors (Lipinski definition) is 0. The summed E-state index contributed by atoms with van der Waals surface area (Å²) in [4.78, 5) is 22.4. The third kappa shape index (κ3) is 7.03. The first-order chi connectivity index (χ1) is 15.0. The summed E-state index contributed by atoms with van der Waals surface area (Å²) >= 11 is 6.90. The number of allylic oxidation sites excluding steroid dienone is 2. The van der Waals surface area contributed by atoms with Crippen LogP contribution in [0.15, 0.2) is 36.4 Å². The number of halogens is 1. The van der Waals surface area contributed by atoms with Crippen LogP contribution in [0, 0.1) is 5.92 Å². The second kappa shape index (κ2) is 11.6. The second-order valence-electron chi connectivity index (χ2n) is 10.3. The maximum atomic E-state index is 11.3. The monoisotopic (exact) mass is 478 g/mol. The average Bonchev–Trinajstić information content (AvgIpc) is 3.03. The first-order valence-corrected chi connectivity index (χ1v) is 14.9. The van der Waals surface area contributed by atoms with Gasteiger partial charge in [-0.3, -0.25) is 9.59 Å². The van der Waals surface area contributed by atoms with Gasteiger partial charge in [0.2, 0.25) is 0 Å². The Labute approximate surface area is 199 Å². The highest BCUT2D eigenvalue weighted by Crippen LogP contribution is 2.49. The van der Waals surface area contributed by atoms with E-state index in [4.69, 9.17) is 20.8 Å². The molecule has 1 aromatic carbocycles. The molecule has 0 amide bonds. The molecule has 0 aliphatic heterocycles. The summed E-state index contributed by atoms with van der Waals surface area (Å²) in [5, 5.41) is 0.151. The van der Waals surface area contributed by atoms with Crippen molar-refractivity contribution >= 4 is 32.2 Å². The van der Waals surface area contributed by atoms with Crippen LogP contribution in [0.1, 0.15) is 74.7 Å². The fourth-order valence-corrected chi connectivity index (χ4v) is 5.90. The number of unbranched alkanes of at least 4 members (excludes halogenated alkanes) is 1. The van der Waals surface area contributed by atoms with Gasteiger partial charge in [0, 0.05) is 23.3 Å². The highest BCUT2D eigenvalue weighted by atomic mass is 35.5. The molecule has 178 valence electrons. The van der Waals surface area contributed by atoms with Gasteiger partial charge in [-0.15, -0.1) is 11.6 Å². The Balaban J connectivity index is 2.18. The smallest absolute Gasteiger partial charge is 0.305 e. The Kier molecular flexibility index (Phi) is 9.74. The zero-order valence-corrected chi connectivity index (χ0v) is 22.2. The van der Waals surface area contributed by atoms with Crippen LogP contribution in [-0.2, 0) is 14.0 Å². The lowest BCUT2D eigenvalue weighted by Gasteiger charge is -2.40. The van der Waals surface area contributed by atoms with E-state index in [0.29, 0.717) is 12.0 Å². The van der Waals surface area contributed by atoms with E-state index in [0.717, 1.165) is 32.0 Å². The Bertz CT molecular complexity index is 782. The van der Waals surface area contributed by atoms with Crippen molar-refractivity contribution in [2.24, 2.45) is 5.92 Å². The zero-order chi connectivity index (χ0) is 23.9. The topological polar surface area (TPSA) is 52.6 Å². The molecule has 0 saturated heterocycles. The fourth-order valence-electron chi connectivity index (χ4n) is 4.11. The van der Waals surface area contributed by atoms with Gasteiger partial charge >= 0.3 is 5.97 Å². The lowest BCUT2D eigenvalue weighted by Crippen LogP contribution is -2.44. The first kappa shape index (κ1) is 26.8. The van der Waals surface area contributed by atoms with E-state index in [-0.39, 0.29) is 34.3 Å². The number of alkyl halides is 1. The molecule has 0 heterocycles. The SMILES string of the molecule is COC(=O)CCC/C=C\C[C@@H]1[C@@H](c2ccc(C=O)cc2)[C@@H](O[Si](C)(C)C(C)(C)C)C[C@H]1Cl. The van der Waals surface area contributed by atoms with Crippen LogP contribution in [-0.4, -0.2) is 39.2 Å². The Hall–Kier alpha value is -1.43. The lowest BCUT2D eigenvalue weighted by molar-refractivity contribution is -0.140. The van der Waals surface area contributed by atoms with Gasteiger partial charge in [-0.05, 0) is 55.3 Å². The van der Waals surface area contributed by atoms with Crippen LogP contribution in [0.2, 0.25) is 18.1 Å². The maximum absolute atomic E-state index is 11.3. The van der Waals surface area contributed by atoms with Gasteiger partial charge in [-0.25, -0.2) is 0 Å². The van der Waals surface area contributed by atoms with Crippen LogP contribution in [0.25, 0.3) is 0 Å². The van der Waals surface area contributed by atoms with Gasteiger partial charge in [-0.2, -0.15) is 0 Å². The van der Waals surface area contributed by atoms with Crippen molar-refractivity contribution < 1.29 is 18.8 Å². The number of esters is 1. The van der Waals surface area contributed by atoms with E-state index in [2.05, 4.69) is 58.2 Å². The van der Waals surface area contributed by atoms with E-state index in [1.165, 1.54) is 12.7 Å². The number of carbonyl (C=O) groups excluding carboxylic acids is 2. The number of hydrogen-bond acceptors (Lipinski definition) is 4. The number of ether oxygens (including phenoxy) is 1. The van der Waals surface area contributed by atoms with Gasteiger partial charge in [-0.1, -0.05) is 57.2 Å². The molecule has 1 fully saturated rings. The summed E-state index contributed by atoms with van der Waals surface area (Å²) in [6, 6.07) is 7.87. The van der Waals surface area contributed by atoms with Gasteiger partial charge < -0.3 is 9.16 Å². The van der Waals surface area contributed by atoms with Crippen molar-refractivity contribution in [2.75, 3.05) is 7.11 Å². The minimum atomic E-state index is -1.96. The van der Waals surface area contributed by atoms with Crippen LogP contribution in [0.3, 0.4) is 0 Å². The zero-order valence-electron chi connectivity index (χ0n) is 20.4. The molecule has 0 aromatic heterocycles. The number of methoxy groups -OCH3 is 1. The average molecular weight is 479 g/mol. The van der Waals surface area contributed by atoms with Crippen molar-refractivity contribution in [1.82, 2.24) is 0 Å². The molecule has 1 aliphatic rings. The Morgan fingerprint density at radius 3 is 2.41 bits per heavy atom. The predicted molar refractivity (Wildman–Crippen MR) is 134 cm³/mol. The molecule has 1 saturated carbocycles. The van der Waals surface area contributed by atoms with Gasteiger partial charge in [0.15, 0.2) is 8.32 Å². The normalized spacial score (nSPS) is 24.1. The standard InChI is InChI=1S/C26H39ClO4Si/c1-26(2,3)32(5,6)31-23-17-22(27)21(11-9-7-8-10-12-24(29)30-4)25(23)20-15-13-19(18-28)14-16-20/h7,9,13-16,18,21-23,25H,8,10-12,17H2,1-6H3/b9-7-/t21-,22+,23-,25+/m0/s1. The third-order valence-corrected chi connectivity index (χ3v) is 12.1. The van der Waals surface area contributed by atoms with Crippen molar-refractivity contribution in [3.63, 3.8) is 0 Å². The summed E-state index contributed by atoms with van der Waals surface area (Å²) in [6.07, 6.45) is 9.04. The molecular weight excluding hydrogens is 440 g/mol. The Morgan fingerprint density at radius 2 is 1.84 bits per heavy atom. The molecule has 4 nitrogen and oxygen atoms in total. The molecule has 0 spiro atoms. The summed E-state index contributed by atoms with van der Waals surface area (Å²) in [6.45, 7) is 11.4. The highest BCUT2D eigenvalue weighted by molar-refractivity contribution is 6.74. The molecular formula is C26H39ClO4Si. The number of benzene rings is 1. The summed E-state index contributed by atoms with van der Waals surface area (Å²) < 4.78 is 11.6. The third-order valence-electron chi connectivity index (χ3n) is 7.05. The van der Waals surface area contributed by atoms with Crippen molar-refractivity contribution in [2.45, 2.75) is 88.4 Å². The summed E-state index contributed by atoms with van der Waals surface area (Å²) in [5.74, 6) is 0.275. The number of carbonyl (C=O) groups is 2. The van der Waals surface area contributed by atoms with Crippen molar-refractivity contribution in [1.29, 1.82) is 0 Å². The molecule has 0 unspecified atom stereocenters. The van der Waals surface area contributed by atoms with Gasteiger partial charge in [0.05, 0.1) is 13.2 Å². The Morgan fingerprint density at radius 1 is 1.19 bits per heavy atom. The van der Waals surface area contributed by atoms with Crippen LogP contribution in [0.5, 0.6) is 0 Å². The summed E-state index contributed by atoms with van der Waals surface area (Å²) in [5.41, 5.74) is 1.87. The summed E-state index contributed by atoms with van der Waals surface area (Å²) in [7, 11) is -0.542. The lowest BCUT2D eigenvalue weighted by atomic mass is 9.85. The van der Waals surface area contributed by atoms with Gasteiger partial charge in [0.1, 0.15) is 6.29 Å². The largest absolute Gasteiger partial charge is 0.469 e. The second-order valence-corrected chi connectivity index (χ2v) is 15.6. The molecule has 6 heteroatoms.